The first-order valence-corrected chi connectivity index (χ1v) is 6.47. The second-order valence-corrected chi connectivity index (χ2v) is 4.66. The summed E-state index contributed by atoms with van der Waals surface area (Å²) < 4.78 is 0. The van der Waals surface area contributed by atoms with E-state index in [9.17, 15) is 9.59 Å². The zero-order chi connectivity index (χ0) is 13.7. The Hall–Kier alpha value is -1.88. The van der Waals surface area contributed by atoms with Crippen molar-refractivity contribution in [3.8, 4) is 0 Å². The van der Waals surface area contributed by atoms with Crippen molar-refractivity contribution in [3.63, 3.8) is 0 Å². The van der Waals surface area contributed by atoms with Crippen LogP contribution in [0.1, 0.15) is 10.4 Å². The highest BCUT2D eigenvalue weighted by atomic mass is 16.2. The molecule has 0 unspecified atom stereocenters. The van der Waals surface area contributed by atoms with Crippen LogP contribution in [0.2, 0.25) is 0 Å². The highest BCUT2D eigenvalue weighted by Gasteiger charge is 2.20. The average molecular weight is 261 g/mol. The standard InChI is InChI=1S/C14H19N3O2/c1-16(14(19)12-5-3-2-4-6-12)11-13(18)17-9-7-15-8-10-17/h2-6,15H,7-11H2,1H3. The second kappa shape index (κ2) is 6.33. The van der Waals surface area contributed by atoms with Crippen molar-refractivity contribution < 1.29 is 9.59 Å². The molecule has 1 heterocycles. The van der Waals surface area contributed by atoms with Crippen molar-refractivity contribution in [1.82, 2.24) is 15.1 Å². The smallest absolute Gasteiger partial charge is 0.254 e. The summed E-state index contributed by atoms with van der Waals surface area (Å²) in [4.78, 5) is 27.4. The van der Waals surface area contributed by atoms with Gasteiger partial charge in [-0.15, -0.1) is 0 Å². The summed E-state index contributed by atoms with van der Waals surface area (Å²) in [6, 6.07) is 9.02. The number of benzene rings is 1. The molecule has 1 N–H and O–H groups in total. The molecular weight excluding hydrogens is 242 g/mol. The van der Waals surface area contributed by atoms with Crippen LogP contribution in [-0.2, 0) is 4.79 Å². The van der Waals surface area contributed by atoms with Gasteiger partial charge in [-0.25, -0.2) is 0 Å². The van der Waals surface area contributed by atoms with Crippen LogP contribution in [0.4, 0.5) is 0 Å². The van der Waals surface area contributed by atoms with Crippen molar-refractivity contribution in [2.24, 2.45) is 0 Å². The maximum Gasteiger partial charge on any atom is 0.254 e. The molecule has 0 aliphatic carbocycles. The number of rotatable bonds is 3. The summed E-state index contributed by atoms with van der Waals surface area (Å²) in [5.74, 6) is -0.114. The predicted octanol–water partition coefficient (Wildman–Crippen LogP) is 0.190. The second-order valence-electron chi connectivity index (χ2n) is 4.66. The molecule has 1 fully saturated rings. The fourth-order valence-corrected chi connectivity index (χ4v) is 2.09. The van der Waals surface area contributed by atoms with E-state index in [2.05, 4.69) is 5.32 Å². The van der Waals surface area contributed by atoms with Gasteiger partial charge in [-0.3, -0.25) is 9.59 Å². The Morgan fingerprint density at radius 3 is 2.47 bits per heavy atom. The summed E-state index contributed by atoms with van der Waals surface area (Å²) in [5, 5.41) is 3.20. The van der Waals surface area contributed by atoms with Gasteiger partial charge in [0.1, 0.15) is 0 Å². The van der Waals surface area contributed by atoms with Crippen LogP contribution >= 0.6 is 0 Å². The average Bonchev–Trinajstić information content (AvgIpc) is 2.48. The number of hydrogen-bond donors (Lipinski definition) is 1. The largest absolute Gasteiger partial charge is 0.339 e. The van der Waals surface area contributed by atoms with Gasteiger partial charge in [-0.2, -0.15) is 0 Å². The minimum absolute atomic E-state index is 0.00767. The van der Waals surface area contributed by atoms with Gasteiger partial charge in [0.2, 0.25) is 5.91 Å². The third-order valence-electron chi connectivity index (χ3n) is 3.21. The molecule has 2 rings (SSSR count). The molecule has 0 spiro atoms. The number of hydrogen-bond acceptors (Lipinski definition) is 3. The number of likely N-dealkylation sites (N-methyl/N-ethyl adjacent to an activating group) is 1. The molecule has 0 bridgehead atoms. The maximum atomic E-state index is 12.1. The van der Waals surface area contributed by atoms with E-state index in [0.29, 0.717) is 18.7 Å². The van der Waals surface area contributed by atoms with Crippen molar-refractivity contribution in [2.45, 2.75) is 0 Å². The van der Waals surface area contributed by atoms with Crippen molar-refractivity contribution in [1.29, 1.82) is 0 Å². The van der Waals surface area contributed by atoms with Gasteiger partial charge >= 0.3 is 0 Å². The molecule has 0 aromatic heterocycles. The SMILES string of the molecule is CN(CC(=O)N1CCNCC1)C(=O)c1ccccc1. The topological polar surface area (TPSA) is 52.7 Å². The highest BCUT2D eigenvalue weighted by molar-refractivity contribution is 5.96. The molecule has 1 saturated heterocycles. The summed E-state index contributed by atoms with van der Waals surface area (Å²) in [7, 11) is 1.66. The lowest BCUT2D eigenvalue weighted by Gasteiger charge is -2.29. The molecule has 1 aromatic rings. The zero-order valence-electron chi connectivity index (χ0n) is 11.1. The summed E-state index contributed by atoms with van der Waals surface area (Å²) in [5.41, 5.74) is 0.609. The lowest BCUT2D eigenvalue weighted by Crippen LogP contribution is -2.49. The van der Waals surface area contributed by atoms with Gasteiger partial charge in [0, 0.05) is 38.8 Å². The number of carbonyl (C=O) groups is 2. The van der Waals surface area contributed by atoms with E-state index < -0.39 is 0 Å². The number of nitrogens with one attached hydrogen (secondary N) is 1. The Balaban J connectivity index is 1.91. The van der Waals surface area contributed by atoms with E-state index in [1.165, 1.54) is 4.90 Å². The molecule has 102 valence electrons. The first kappa shape index (κ1) is 13.5. The molecule has 0 radical (unpaired) electrons. The predicted molar refractivity (Wildman–Crippen MR) is 72.9 cm³/mol. The van der Waals surface area contributed by atoms with Gasteiger partial charge in [0.15, 0.2) is 0 Å². The number of nitrogens with zero attached hydrogens (tertiary/aromatic N) is 2. The molecule has 0 atom stereocenters. The third kappa shape index (κ3) is 3.54. The Morgan fingerprint density at radius 1 is 1.21 bits per heavy atom. The fourth-order valence-electron chi connectivity index (χ4n) is 2.09. The minimum Gasteiger partial charge on any atom is -0.339 e. The van der Waals surface area contributed by atoms with Crippen molar-refractivity contribution in [2.75, 3.05) is 39.8 Å². The van der Waals surface area contributed by atoms with E-state index in [0.717, 1.165) is 13.1 Å². The van der Waals surface area contributed by atoms with Crippen LogP contribution in [0, 0.1) is 0 Å². The highest BCUT2D eigenvalue weighted by Crippen LogP contribution is 2.04. The number of amides is 2. The zero-order valence-corrected chi connectivity index (χ0v) is 11.1. The van der Waals surface area contributed by atoms with E-state index in [1.54, 1.807) is 24.1 Å². The Kier molecular flexibility index (Phi) is 4.52. The summed E-state index contributed by atoms with van der Waals surface area (Å²) in [6.07, 6.45) is 0. The van der Waals surface area contributed by atoms with Crippen molar-refractivity contribution >= 4 is 11.8 Å². The molecule has 0 saturated carbocycles. The lowest BCUT2D eigenvalue weighted by atomic mass is 10.2. The Bertz CT molecular complexity index is 441. The molecule has 1 aromatic carbocycles. The number of carbonyl (C=O) groups excluding carboxylic acids is 2. The lowest BCUT2D eigenvalue weighted by molar-refractivity contribution is -0.132. The molecule has 19 heavy (non-hydrogen) atoms. The van der Waals surface area contributed by atoms with Gasteiger partial charge in [-0.1, -0.05) is 18.2 Å². The van der Waals surface area contributed by atoms with E-state index in [4.69, 9.17) is 0 Å². The van der Waals surface area contributed by atoms with Crippen LogP contribution in [0.25, 0.3) is 0 Å². The molecule has 1 aliphatic heterocycles. The van der Waals surface area contributed by atoms with E-state index in [-0.39, 0.29) is 18.4 Å². The van der Waals surface area contributed by atoms with E-state index >= 15 is 0 Å². The molecule has 5 heteroatoms. The fraction of sp³-hybridized carbons (Fsp3) is 0.429. The minimum atomic E-state index is -0.121. The third-order valence-corrected chi connectivity index (χ3v) is 3.21. The Morgan fingerprint density at radius 2 is 1.84 bits per heavy atom. The molecule has 5 nitrogen and oxygen atoms in total. The van der Waals surface area contributed by atoms with E-state index in [1.807, 2.05) is 18.2 Å². The first-order valence-electron chi connectivity index (χ1n) is 6.47. The van der Waals surface area contributed by atoms with Crippen LogP contribution < -0.4 is 5.32 Å². The normalized spacial score (nSPS) is 15.1. The van der Waals surface area contributed by atoms with Gasteiger partial charge in [0.05, 0.1) is 6.54 Å². The van der Waals surface area contributed by atoms with Crippen LogP contribution in [0.5, 0.6) is 0 Å². The van der Waals surface area contributed by atoms with Gasteiger partial charge in [0.25, 0.3) is 5.91 Å². The summed E-state index contributed by atoms with van der Waals surface area (Å²) >= 11 is 0. The first-order chi connectivity index (χ1) is 9.18. The quantitative estimate of drug-likeness (QED) is 0.845. The number of piperazine rings is 1. The molecule has 2 amide bonds. The molecular formula is C14H19N3O2. The maximum absolute atomic E-state index is 12.1. The monoisotopic (exact) mass is 261 g/mol. The van der Waals surface area contributed by atoms with Crippen LogP contribution in [0.15, 0.2) is 30.3 Å². The van der Waals surface area contributed by atoms with Crippen LogP contribution in [-0.4, -0.2) is 61.4 Å². The van der Waals surface area contributed by atoms with Gasteiger partial charge < -0.3 is 15.1 Å². The summed E-state index contributed by atoms with van der Waals surface area (Å²) in [6.45, 7) is 3.20. The van der Waals surface area contributed by atoms with Crippen molar-refractivity contribution in [3.05, 3.63) is 35.9 Å². The van der Waals surface area contributed by atoms with Crippen LogP contribution in [0.3, 0.4) is 0 Å². The molecule has 1 aliphatic rings. The Labute approximate surface area is 113 Å². The van der Waals surface area contributed by atoms with Gasteiger partial charge in [-0.05, 0) is 12.1 Å².